The maximum absolute atomic E-state index is 12.8. The Bertz CT molecular complexity index is 1210. The molecular formula is C21H36N8O10S2. The standard InChI is InChI=1S/C15H21N7O10S2.C6H15N/c1-15(2,3)32-7(23)5-31-20-9(10-19-13(16)33-21-10)11(24)18-8-6(4-30-14(17)26)22(12(8)25)34(27,28)29;1-4-7(5-2)6-3/h6,8H,4-5H2,1-3H3,(H2,17,26)(H,18,24)(H2,16,19,21)(H,27,28,29);4-6H2,1-3H3/t6-,8+;/m1./s1. The Kier molecular flexibility index (Phi) is 13.3. The fourth-order valence-corrected chi connectivity index (χ4v) is 4.51. The van der Waals surface area contributed by atoms with Gasteiger partial charge in [-0.15, -0.1) is 0 Å². The van der Waals surface area contributed by atoms with E-state index in [1.165, 1.54) is 19.6 Å². The van der Waals surface area contributed by atoms with Crippen molar-refractivity contribution in [3.8, 4) is 0 Å². The highest BCUT2D eigenvalue weighted by Crippen LogP contribution is 2.24. The van der Waals surface area contributed by atoms with Gasteiger partial charge in [0, 0.05) is 11.5 Å². The van der Waals surface area contributed by atoms with E-state index in [4.69, 9.17) is 21.0 Å². The second-order valence-electron chi connectivity index (χ2n) is 9.14. The van der Waals surface area contributed by atoms with E-state index in [9.17, 15) is 32.1 Å². The minimum absolute atomic E-state index is 0.00418. The molecule has 1 saturated heterocycles. The van der Waals surface area contributed by atoms with E-state index in [2.05, 4.69) is 50.2 Å². The van der Waals surface area contributed by atoms with Crippen LogP contribution in [0.2, 0.25) is 0 Å². The molecule has 1 aliphatic heterocycles. The molecule has 0 radical (unpaired) electrons. The van der Waals surface area contributed by atoms with Crippen LogP contribution in [0.5, 0.6) is 0 Å². The summed E-state index contributed by atoms with van der Waals surface area (Å²) in [5.74, 6) is -3.51. The van der Waals surface area contributed by atoms with Crippen LogP contribution in [-0.2, 0) is 39.0 Å². The van der Waals surface area contributed by atoms with Crippen molar-refractivity contribution in [2.24, 2.45) is 10.9 Å². The number of primary amides is 1. The number of anilines is 1. The molecule has 0 aliphatic carbocycles. The quantitative estimate of drug-likeness (QED) is 0.0724. The van der Waals surface area contributed by atoms with Crippen LogP contribution in [0.4, 0.5) is 9.93 Å². The predicted molar refractivity (Wildman–Crippen MR) is 146 cm³/mol. The van der Waals surface area contributed by atoms with Crippen LogP contribution in [0.15, 0.2) is 5.16 Å². The number of esters is 1. The van der Waals surface area contributed by atoms with Gasteiger partial charge in [-0.25, -0.2) is 13.9 Å². The normalized spacial score (nSPS) is 17.2. The number of carbonyl (C=O) groups is 4. The molecule has 2 atom stereocenters. The van der Waals surface area contributed by atoms with Crippen molar-refractivity contribution in [2.45, 2.75) is 59.2 Å². The Labute approximate surface area is 241 Å². The van der Waals surface area contributed by atoms with Crippen LogP contribution in [0.1, 0.15) is 47.4 Å². The van der Waals surface area contributed by atoms with Gasteiger partial charge < -0.3 is 36.0 Å². The van der Waals surface area contributed by atoms with Crippen LogP contribution >= 0.6 is 11.5 Å². The number of hydrogen-bond donors (Lipinski definition) is 4. The van der Waals surface area contributed by atoms with Gasteiger partial charge in [0.15, 0.2) is 5.13 Å². The maximum Gasteiger partial charge on any atom is 0.404 e. The molecule has 0 aromatic carbocycles. The average molecular weight is 625 g/mol. The number of oxime groups is 1. The summed E-state index contributed by atoms with van der Waals surface area (Å²) in [5, 5.41) is 5.61. The molecule has 41 heavy (non-hydrogen) atoms. The Balaban J connectivity index is 0.00000106. The van der Waals surface area contributed by atoms with E-state index in [1.807, 2.05) is 0 Å². The first-order valence-electron chi connectivity index (χ1n) is 12.2. The summed E-state index contributed by atoms with van der Waals surface area (Å²) in [6, 6.07) is -3.10. The van der Waals surface area contributed by atoms with E-state index in [0.29, 0.717) is 11.5 Å². The lowest BCUT2D eigenvalue weighted by atomic mass is 9.99. The zero-order valence-corrected chi connectivity index (χ0v) is 25.2. The molecule has 2 heterocycles. The van der Waals surface area contributed by atoms with Crippen molar-refractivity contribution in [3.05, 3.63) is 5.82 Å². The third-order valence-electron chi connectivity index (χ3n) is 5.07. The number of ether oxygens (including phenoxy) is 2. The molecule has 1 aliphatic rings. The van der Waals surface area contributed by atoms with Crippen LogP contribution in [0.25, 0.3) is 0 Å². The van der Waals surface area contributed by atoms with Gasteiger partial charge in [0.2, 0.25) is 18.1 Å². The minimum atomic E-state index is -5.03. The fraction of sp³-hybridized carbons (Fsp3) is 0.667. The number of carbonyl (C=O) groups excluding carboxylic acids is 4. The highest BCUT2D eigenvalue weighted by Gasteiger charge is 2.55. The molecule has 1 aromatic heterocycles. The number of rotatable bonds is 12. The lowest BCUT2D eigenvalue weighted by molar-refractivity contribution is -0.160. The van der Waals surface area contributed by atoms with Crippen molar-refractivity contribution < 1.29 is 46.5 Å². The first-order valence-corrected chi connectivity index (χ1v) is 14.4. The number of nitrogen functional groups attached to an aromatic ring is 1. The molecule has 0 spiro atoms. The van der Waals surface area contributed by atoms with E-state index in [-0.39, 0.29) is 15.3 Å². The molecule has 20 heteroatoms. The molecule has 3 amide bonds. The summed E-state index contributed by atoms with van der Waals surface area (Å²) in [4.78, 5) is 58.6. The second kappa shape index (κ2) is 15.4. The summed E-state index contributed by atoms with van der Waals surface area (Å²) >= 11 is 0.702. The Morgan fingerprint density at radius 1 is 1.20 bits per heavy atom. The number of aromatic nitrogens is 2. The molecule has 0 saturated carbocycles. The van der Waals surface area contributed by atoms with E-state index in [0.717, 1.165) is 0 Å². The summed E-state index contributed by atoms with van der Waals surface area (Å²) < 4.78 is 45.4. The molecule has 232 valence electrons. The van der Waals surface area contributed by atoms with Gasteiger partial charge in [-0.1, -0.05) is 25.9 Å². The maximum atomic E-state index is 12.8. The van der Waals surface area contributed by atoms with E-state index >= 15 is 0 Å². The van der Waals surface area contributed by atoms with Crippen LogP contribution < -0.4 is 16.8 Å². The third-order valence-corrected chi connectivity index (χ3v) is 6.56. The Morgan fingerprint density at radius 3 is 2.20 bits per heavy atom. The van der Waals surface area contributed by atoms with Gasteiger partial charge in [-0.3, -0.25) is 14.1 Å². The SMILES string of the molecule is CC(C)(C)OC(=O)CON=C(C(=O)N[C@@H]1C(=O)N(S(=O)(=O)O)[C@@H]1COC(N)=O)c1nsc(N)n1.CCN(CC)CC. The molecule has 2 rings (SSSR count). The molecule has 6 N–H and O–H groups in total. The van der Waals surface area contributed by atoms with Crippen molar-refractivity contribution in [3.63, 3.8) is 0 Å². The Morgan fingerprint density at radius 2 is 1.78 bits per heavy atom. The first-order chi connectivity index (χ1) is 18.9. The van der Waals surface area contributed by atoms with Crippen LogP contribution in [-0.4, -0.2) is 112 Å². The van der Waals surface area contributed by atoms with Gasteiger partial charge >= 0.3 is 22.4 Å². The van der Waals surface area contributed by atoms with Gasteiger partial charge in [-0.05, 0) is 40.4 Å². The topological polar surface area (TPSA) is 259 Å². The second-order valence-corrected chi connectivity index (χ2v) is 11.2. The number of amides is 3. The largest absolute Gasteiger partial charge is 0.457 e. The molecule has 1 fully saturated rings. The monoisotopic (exact) mass is 624 g/mol. The third kappa shape index (κ3) is 11.4. The molecule has 0 unspecified atom stereocenters. The fourth-order valence-electron chi connectivity index (χ4n) is 3.21. The van der Waals surface area contributed by atoms with Crippen molar-refractivity contribution in [2.75, 3.05) is 38.6 Å². The zero-order chi connectivity index (χ0) is 31.5. The number of β-lactam (4-membered cyclic amide) rings is 1. The number of nitrogens with one attached hydrogen (secondary N) is 1. The van der Waals surface area contributed by atoms with Crippen molar-refractivity contribution in [1.29, 1.82) is 0 Å². The van der Waals surface area contributed by atoms with Crippen LogP contribution in [0, 0.1) is 0 Å². The zero-order valence-electron chi connectivity index (χ0n) is 23.5. The summed E-state index contributed by atoms with van der Waals surface area (Å²) in [7, 11) is -5.03. The molecular weight excluding hydrogens is 588 g/mol. The molecule has 0 bridgehead atoms. The van der Waals surface area contributed by atoms with E-state index < -0.39 is 70.8 Å². The smallest absolute Gasteiger partial charge is 0.404 e. The summed E-state index contributed by atoms with van der Waals surface area (Å²) in [5.41, 5.74) is 8.92. The predicted octanol–water partition coefficient (Wildman–Crippen LogP) is -0.875. The van der Waals surface area contributed by atoms with Gasteiger partial charge in [0.05, 0.1) is 0 Å². The number of hydrogen-bond acceptors (Lipinski definition) is 15. The summed E-state index contributed by atoms with van der Waals surface area (Å²) in [6.07, 6.45) is -1.29. The van der Waals surface area contributed by atoms with Gasteiger partial charge in [0.25, 0.3) is 11.8 Å². The van der Waals surface area contributed by atoms with E-state index in [1.54, 1.807) is 20.8 Å². The number of nitrogens with two attached hydrogens (primary N) is 2. The lowest BCUT2D eigenvalue weighted by Gasteiger charge is -2.43. The van der Waals surface area contributed by atoms with Crippen molar-refractivity contribution >= 4 is 56.6 Å². The lowest BCUT2D eigenvalue weighted by Crippen LogP contribution is -2.73. The highest BCUT2D eigenvalue weighted by molar-refractivity contribution is 7.84. The average Bonchev–Trinajstić information content (AvgIpc) is 3.27. The molecule has 1 aromatic rings. The Hall–Kier alpha value is -3.62. The van der Waals surface area contributed by atoms with Gasteiger partial charge in [-0.2, -0.15) is 17.8 Å². The minimum Gasteiger partial charge on any atom is -0.457 e. The number of nitrogens with zero attached hydrogens (tertiary/aromatic N) is 5. The highest BCUT2D eigenvalue weighted by atomic mass is 32.2. The van der Waals surface area contributed by atoms with Gasteiger partial charge in [0.1, 0.15) is 24.3 Å². The van der Waals surface area contributed by atoms with Crippen molar-refractivity contribution in [1.82, 2.24) is 23.9 Å². The molecule has 18 nitrogen and oxygen atoms in total. The van der Waals surface area contributed by atoms with Crippen LogP contribution in [0.3, 0.4) is 0 Å². The summed E-state index contributed by atoms with van der Waals surface area (Å²) in [6.45, 7) is 13.5. The first kappa shape index (κ1) is 35.4.